The van der Waals surface area contributed by atoms with E-state index in [9.17, 15) is 13.2 Å². The van der Waals surface area contributed by atoms with Crippen molar-refractivity contribution in [1.29, 1.82) is 0 Å². The van der Waals surface area contributed by atoms with Gasteiger partial charge in [0.2, 0.25) is 5.91 Å². The van der Waals surface area contributed by atoms with E-state index in [2.05, 4.69) is 5.32 Å². The van der Waals surface area contributed by atoms with Crippen molar-refractivity contribution in [3.63, 3.8) is 0 Å². The summed E-state index contributed by atoms with van der Waals surface area (Å²) in [6, 6.07) is 6.83. The zero-order chi connectivity index (χ0) is 14.8. The van der Waals surface area contributed by atoms with Crippen LogP contribution >= 0.6 is 11.6 Å². The summed E-state index contributed by atoms with van der Waals surface area (Å²) in [6.45, 7) is 0.159. The van der Waals surface area contributed by atoms with Crippen molar-refractivity contribution in [2.24, 2.45) is 0 Å². The van der Waals surface area contributed by atoms with E-state index in [1.807, 2.05) is 0 Å². The Morgan fingerprint density at radius 2 is 2.25 bits per heavy atom. The summed E-state index contributed by atoms with van der Waals surface area (Å²) >= 11 is 5.84. The summed E-state index contributed by atoms with van der Waals surface area (Å²) in [7, 11) is -1.16. The minimum absolute atomic E-state index is 0.0786. The van der Waals surface area contributed by atoms with E-state index >= 15 is 0 Å². The molecule has 1 aromatic rings. The molecular weight excluding hydrogens is 300 g/mol. The van der Waals surface area contributed by atoms with Crippen LogP contribution in [-0.2, 0) is 14.6 Å². The lowest BCUT2D eigenvalue weighted by atomic mass is 10.2. The number of rotatable bonds is 4. The second-order valence-corrected chi connectivity index (χ2v) is 7.70. The van der Waals surface area contributed by atoms with Gasteiger partial charge in [0.15, 0.2) is 9.84 Å². The Kier molecular flexibility index (Phi) is 4.67. The quantitative estimate of drug-likeness (QED) is 0.912. The molecule has 0 bridgehead atoms. The Morgan fingerprint density at radius 3 is 2.85 bits per heavy atom. The molecule has 1 unspecified atom stereocenters. The van der Waals surface area contributed by atoms with Crippen LogP contribution < -0.4 is 5.32 Å². The number of anilines is 1. The van der Waals surface area contributed by atoms with Crippen LogP contribution in [-0.4, -0.2) is 50.4 Å². The summed E-state index contributed by atoms with van der Waals surface area (Å²) in [5, 5.41) is 3.30. The molecule has 1 amide bonds. The first-order valence-corrected chi connectivity index (χ1v) is 8.52. The maximum atomic E-state index is 11.9. The maximum Gasteiger partial charge on any atom is 0.238 e. The van der Waals surface area contributed by atoms with Gasteiger partial charge in [0.1, 0.15) is 0 Å². The SMILES string of the molecule is CN(CC(=O)Nc1cccc(Cl)c1)C1CCS(=O)(=O)C1. The van der Waals surface area contributed by atoms with E-state index in [4.69, 9.17) is 11.6 Å². The molecule has 1 saturated heterocycles. The van der Waals surface area contributed by atoms with Crippen LogP contribution in [0.3, 0.4) is 0 Å². The fraction of sp³-hybridized carbons (Fsp3) is 0.462. The number of likely N-dealkylation sites (N-methyl/N-ethyl adjacent to an activating group) is 1. The lowest BCUT2D eigenvalue weighted by Crippen LogP contribution is -2.38. The number of hydrogen-bond acceptors (Lipinski definition) is 4. The molecule has 1 atom stereocenters. The molecule has 7 heteroatoms. The Hall–Kier alpha value is -1.11. The van der Waals surface area contributed by atoms with Crippen LogP contribution in [0, 0.1) is 0 Å². The topological polar surface area (TPSA) is 66.5 Å². The molecule has 0 spiro atoms. The fourth-order valence-corrected chi connectivity index (χ4v) is 4.24. The number of hydrogen-bond donors (Lipinski definition) is 1. The van der Waals surface area contributed by atoms with Gasteiger partial charge in [0.05, 0.1) is 18.1 Å². The highest BCUT2D eigenvalue weighted by Gasteiger charge is 2.31. The lowest BCUT2D eigenvalue weighted by molar-refractivity contribution is -0.117. The number of nitrogens with one attached hydrogen (secondary N) is 1. The van der Waals surface area contributed by atoms with Crippen molar-refractivity contribution in [2.75, 3.05) is 30.4 Å². The molecule has 1 aromatic carbocycles. The second kappa shape index (κ2) is 6.11. The zero-order valence-corrected chi connectivity index (χ0v) is 12.7. The van der Waals surface area contributed by atoms with Gasteiger partial charge in [-0.05, 0) is 31.7 Å². The third-order valence-electron chi connectivity index (χ3n) is 3.33. The van der Waals surface area contributed by atoms with Crippen LogP contribution in [0.1, 0.15) is 6.42 Å². The highest BCUT2D eigenvalue weighted by Crippen LogP contribution is 2.17. The Morgan fingerprint density at radius 1 is 1.50 bits per heavy atom. The average molecular weight is 317 g/mol. The van der Waals surface area contributed by atoms with E-state index < -0.39 is 9.84 Å². The molecule has 0 aromatic heterocycles. The van der Waals surface area contributed by atoms with Crippen molar-refractivity contribution in [2.45, 2.75) is 12.5 Å². The Labute approximate surface area is 123 Å². The van der Waals surface area contributed by atoms with Gasteiger partial charge in [-0.25, -0.2) is 8.42 Å². The third kappa shape index (κ3) is 4.19. The van der Waals surface area contributed by atoms with Crippen LogP contribution in [0.2, 0.25) is 5.02 Å². The van der Waals surface area contributed by atoms with E-state index in [0.29, 0.717) is 17.1 Å². The van der Waals surface area contributed by atoms with E-state index in [-0.39, 0.29) is 30.0 Å². The molecule has 1 N–H and O–H groups in total. The molecule has 2 rings (SSSR count). The summed E-state index contributed by atoms with van der Waals surface area (Å²) in [4.78, 5) is 13.7. The average Bonchev–Trinajstić information content (AvgIpc) is 2.69. The molecule has 1 heterocycles. The maximum absolute atomic E-state index is 11.9. The molecular formula is C13H17ClN2O3S. The Balaban J connectivity index is 1.88. The minimum Gasteiger partial charge on any atom is -0.325 e. The predicted octanol–water partition coefficient (Wildman–Crippen LogP) is 1.40. The number of carbonyl (C=O) groups is 1. The molecule has 0 saturated carbocycles. The summed E-state index contributed by atoms with van der Waals surface area (Å²) in [5.74, 6) is 0.158. The van der Waals surface area contributed by atoms with Crippen LogP contribution in [0.4, 0.5) is 5.69 Å². The van der Waals surface area contributed by atoms with Gasteiger partial charge in [0, 0.05) is 16.8 Å². The van der Waals surface area contributed by atoms with Crippen molar-refractivity contribution >= 4 is 33.0 Å². The van der Waals surface area contributed by atoms with E-state index in [1.165, 1.54) is 0 Å². The smallest absolute Gasteiger partial charge is 0.238 e. The van der Waals surface area contributed by atoms with Gasteiger partial charge >= 0.3 is 0 Å². The van der Waals surface area contributed by atoms with E-state index in [0.717, 1.165) is 0 Å². The Bertz CT molecular complexity index is 603. The van der Waals surface area contributed by atoms with E-state index in [1.54, 1.807) is 36.2 Å². The zero-order valence-electron chi connectivity index (χ0n) is 11.2. The summed E-state index contributed by atoms with van der Waals surface area (Å²) < 4.78 is 22.8. The number of halogens is 1. The van der Waals surface area contributed by atoms with Gasteiger partial charge in [-0.2, -0.15) is 0 Å². The number of nitrogens with zero attached hydrogens (tertiary/aromatic N) is 1. The molecule has 0 aliphatic carbocycles. The molecule has 0 radical (unpaired) electrons. The highest BCUT2D eigenvalue weighted by molar-refractivity contribution is 7.91. The molecule has 20 heavy (non-hydrogen) atoms. The van der Waals surface area contributed by atoms with Crippen molar-refractivity contribution in [1.82, 2.24) is 4.90 Å². The van der Waals surface area contributed by atoms with Gasteiger partial charge < -0.3 is 5.32 Å². The normalized spacial score (nSPS) is 21.1. The first kappa shape index (κ1) is 15.3. The van der Waals surface area contributed by atoms with Crippen molar-refractivity contribution < 1.29 is 13.2 Å². The van der Waals surface area contributed by atoms with Crippen LogP contribution in [0.15, 0.2) is 24.3 Å². The minimum atomic E-state index is -2.93. The second-order valence-electron chi connectivity index (χ2n) is 5.03. The number of benzene rings is 1. The molecule has 110 valence electrons. The first-order chi connectivity index (χ1) is 9.35. The van der Waals surface area contributed by atoms with Crippen molar-refractivity contribution in [3.8, 4) is 0 Å². The fourth-order valence-electron chi connectivity index (χ4n) is 2.25. The van der Waals surface area contributed by atoms with Crippen molar-refractivity contribution in [3.05, 3.63) is 29.3 Å². The van der Waals surface area contributed by atoms with Crippen LogP contribution in [0.5, 0.6) is 0 Å². The highest BCUT2D eigenvalue weighted by atomic mass is 35.5. The summed E-state index contributed by atoms with van der Waals surface area (Å²) in [6.07, 6.45) is 0.587. The number of amides is 1. The lowest BCUT2D eigenvalue weighted by Gasteiger charge is -2.22. The van der Waals surface area contributed by atoms with Gasteiger partial charge in [-0.15, -0.1) is 0 Å². The van der Waals surface area contributed by atoms with Gasteiger partial charge in [-0.1, -0.05) is 17.7 Å². The first-order valence-electron chi connectivity index (χ1n) is 6.32. The predicted molar refractivity (Wildman–Crippen MR) is 79.8 cm³/mol. The molecule has 1 aliphatic rings. The number of sulfone groups is 1. The summed E-state index contributed by atoms with van der Waals surface area (Å²) in [5.41, 5.74) is 0.634. The van der Waals surface area contributed by atoms with Gasteiger partial charge in [-0.3, -0.25) is 9.69 Å². The van der Waals surface area contributed by atoms with Crippen LogP contribution in [0.25, 0.3) is 0 Å². The number of carbonyl (C=O) groups excluding carboxylic acids is 1. The molecule has 5 nitrogen and oxygen atoms in total. The largest absolute Gasteiger partial charge is 0.325 e. The molecule has 1 aliphatic heterocycles. The third-order valence-corrected chi connectivity index (χ3v) is 5.32. The molecule has 1 fully saturated rings. The van der Waals surface area contributed by atoms with Gasteiger partial charge in [0.25, 0.3) is 0 Å². The monoisotopic (exact) mass is 316 g/mol. The standard InChI is InChI=1S/C13H17ClN2O3S/c1-16(12-5-6-20(18,19)9-12)8-13(17)15-11-4-2-3-10(14)7-11/h2-4,7,12H,5-6,8-9H2,1H3,(H,15,17).